The molecule has 0 radical (unpaired) electrons. The number of carbonyl (C=O) groups is 1. The van der Waals surface area contributed by atoms with Crippen molar-refractivity contribution in [2.24, 2.45) is 0 Å². The van der Waals surface area contributed by atoms with Gasteiger partial charge in [-0.1, -0.05) is 24.3 Å². The van der Waals surface area contributed by atoms with Crippen LogP contribution in [0, 0.1) is 0 Å². The van der Waals surface area contributed by atoms with Crippen molar-refractivity contribution in [1.29, 1.82) is 0 Å². The number of methoxy groups -OCH3 is 1. The van der Waals surface area contributed by atoms with Crippen LogP contribution in [0.4, 0.5) is 10.9 Å². The van der Waals surface area contributed by atoms with E-state index in [1.165, 1.54) is 11.3 Å². The summed E-state index contributed by atoms with van der Waals surface area (Å²) in [7, 11) is 1.61. The molecule has 0 aliphatic rings. The Balaban J connectivity index is 1.61. The van der Waals surface area contributed by atoms with Crippen LogP contribution in [0.15, 0.2) is 54.0 Å². The summed E-state index contributed by atoms with van der Waals surface area (Å²) in [4.78, 5) is 20.7. The van der Waals surface area contributed by atoms with Gasteiger partial charge in [-0.2, -0.15) is 0 Å². The summed E-state index contributed by atoms with van der Waals surface area (Å²) in [6.45, 7) is 0.378. The first-order chi connectivity index (χ1) is 11.8. The minimum atomic E-state index is -0.230. The van der Waals surface area contributed by atoms with Crippen molar-refractivity contribution in [3.8, 4) is 5.75 Å². The van der Waals surface area contributed by atoms with Gasteiger partial charge in [-0.15, -0.1) is 11.3 Å². The zero-order chi connectivity index (χ0) is 16.8. The van der Waals surface area contributed by atoms with Gasteiger partial charge in [0.15, 0.2) is 5.13 Å². The number of nitrogens with zero attached hydrogens (tertiary/aromatic N) is 2. The first-order valence-corrected chi connectivity index (χ1v) is 8.18. The summed E-state index contributed by atoms with van der Waals surface area (Å²) in [6.07, 6.45) is 1.69. The molecule has 7 heteroatoms. The topological polar surface area (TPSA) is 76.1 Å². The predicted molar refractivity (Wildman–Crippen MR) is 93.8 cm³/mol. The van der Waals surface area contributed by atoms with E-state index in [-0.39, 0.29) is 5.91 Å². The fourth-order valence-corrected chi connectivity index (χ4v) is 2.79. The van der Waals surface area contributed by atoms with Crippen LogP contribution >= 0.6 is 11.3 Å². The average molecular weight is 340 g/mol. The lowest BCUT2D eigenvalue weighted by Crippen LogP contribution is -2.23. The van der Waals surface area contributed by atoms with E-state index in [9.17, 15) is 4.79 Å². The number of hydrogen-bond donors (Lipinski definition) is 2. The fourth-order valence-electron chi connectivity index (χ4n) is 2.10. The Morgan fingerprint density at radius 3 is 2.83 bits per heavy atom. The number of thiazole rings is 1. The summed E-state index contributed by atoms with van der Waals surface area (Å²) >= 11 is 1.35. The number of aromatic nitrogens is 2. The van der Waals surface area contributed by atoms with Crippen molar-refractivity contribution in [3.63, 3.8) is 0 Å². The highest BCUT2D eigenvalue weighted by atomic mass is 32.1. The number of rotatable bonds is 6. The number of hydrogen-bond acceptors (Lipinski definition) is 6. The Labute approximate surface area is 143 Å². The van der Waals surface area contributed by atoms with E-state index in [1.54, 1.807) is 18.7 Å². The first-order valence-electron chi connectivity index (χ1n) is 7.30. The molecule has 24 heavy (non-hydrogen) atoms. The van der Waals surface area contributed by atoms with Crippen molar-refractivity contribution in [1.82, 2.24) is 15.3 Å². The fraction of sp³-hybridized carbons (Fsp3) is 0.118. The highest BCUT2D eigenvalue weighted by molar-refractivity contribution is 7.14. The van der Waals surface area contributed by atoms with Crippen molar-refractivity contribution in [3.05, 3.63) is 65.3 Å². The summed E-state index contributed by atoms with van der Waals surface area (Å²) in [5.41, 5.74) is 1.28. The van der Waals surface area contributed by atoms with Crippen molar-refractivity contribution in [2.45, 2.75) is 6.54 Å². The first kappa shape index (κ1) is 15.9. The molecule has 0 bridgehead atoms. The molecular formula is C17H16N4O2S. The SMILES string of the molecule is COc1ccccc1CNC(=O)c1csc(Nc2ccccn2)n1. The lowest BCUT2D eigenvalue weighted by molar-refractivity contribution is 0.0946. The molecule has 1 aromatic carbocycles. The maximum atomic E-state index is 12.2. The Bertz CT molecular complexity index is 820. The molecule has 0 aliphatic heterocycles. The van der Waals surface area contributed by atoms with Gasteiger partial charge < -0.3 is 15.4 Å². The molecular weight excluding hydrogens is 324 g/mol. The van der Waals surface area contributed by atoms with Gasteiger partial charge in [-0.3, -0.25) is 4.79 Å². The van der Waals surface area contributed by atoms with Gasteiger partial charge in [0.1, 0.15) is 17.3 Å². The molecule has 0 aliphatic carbocycles. The van der Waals surface area contributed by atoms with E-state index in [4.69, 9.17) is 4.74 Å². The van der Waals surface area contributed by atoms with Crippen molar-refractivity contribution in [2.75, 3.05) is 12.4 Å². The average Bonchev–Trinajstić information content (AvgIpc) is 3.09. The maximum absolute atomic E-state index is 12.2. The van der Waals surface area contributed by atoms with Crippen LogP contribution < -0.4 is 15.4 Å². The molecule has 2 aromatic heterocycles. The highest BCUT2D eigenvalue weighted by Gasteiger charge is 2.12. The standard InChI is InChI=1S/C17H16N4O2S/c1-23-14-7-3-2-6-12(14)10-19-16(22)13-11-24-17(20-13)21-15-8-4-5-9-18-15/h2-9,11H,10H2,1H3,(H,19,22)(H,18,20,21). The zero-order valence-electron chi connectivity index (χ0n) is 13.0. The van der Waals surface area contributed by atoms with Gasteiger partial charge in [0, 0.05) is 23.7 Å². The molecule has 0 atom stereocenters. The molecule has 0 fully saturated rings. The molecule has 0 saturated heterocycles. The molecule has 3 rings (SSSR count). The Morgan fingerprint density at radius 1 is 1.21 bits per heavy atom. The normalized spacial score (nSPS) is 10.2. The lowest BCUT2D eigenvalue weighted by Gasteiger charge is -2.08. The van der Waals surface area contributed by atoms with Gasteiger partial charge in [0.2, 0.25) is 0 Å². The third-order valence-corrected chi connectivity index (χ3v) is 4.03. The van der Waals surface area contributed by atoms with Gasteiger partial charge in [0.05, 0.1) is 7.11 Å². The Hall–Kier alpha value is -2.93. The van der Waals surface area contributed by atoms with E-state index < -0.39 is 0 Å². The van der Waals surface area contributed by atoms with E-state index in [0.717, 1.165) is 11.3 Å². The van der Waals surface area contributed by atoms with Crippen molar-refractivity contribution >= 4 is 28.2 Å². The number of carbonyl (C=O) groups excluding carboxylic acids is 1. The number of pyridine rings is 1. The number of benzene rings is 1. The number of anilines is 2. The molecule has 1 amide bonds. The highest BCUT2D eigenvalue weighted by Crippen LogP contribution is 2.20. The molecule has 0 unspecified atom stereocenters. The largest absolute Gasteiger partial charge is 0.496 e. The molecule has 3 aromatic rings. The monoisotopic (exact) mass is 340 g/mol. The summed E-state index contributed by atoms with van der Waals surface area (Å²) in [5.74, 6) is 1.20. The third kappa shape index (κ3) is 3.88. The lowest BCUT2D eigenvalue weighted by atomic mass is 10.2. The number of para-hydroxylation sites is 1. The second-order valence-corrected chi connectivity index (χ2v) is 5.73. The maximum Gasteiger partial charge on any atom is 0.271 e. The van der Waals surface area contributed by atoms with Crippen LogP contribution in [-0.2, 0) is 6.54 Å². The van der Waals surface area contributed by atoms with Gasteiger partial charge >= 0.3 is 0 Å². The van der Waals surface area contributed by atoms with Crippen LogP contribution in [0.5, 0.6) is 5.75 Å². The summed E-state index contributed by atoms with van der Waals surface area (Å²) in [5, 5.41) is 8.25. The van der Waals surface area contributed by atoms with Crippen LogP contribution in [0.2, 0.25) is 0 Å². The zero-order valence-corrected chi connectivity index (χ0v) is 13.8. The Morgan fingerprint density at radius 2 is 2.04 bits per heavy atom. The number of ether oxygens (including phenoxy) is 1. The van der Waals surface area contributed by atoms with E-state index in [2.05, 4.69) is 20.6 Å². The van der Waals surface area contributed by atoms with Crippen LogP contribution in [0.25, 0.3) is 0 Å². The van der Waals surface area contributed by atoms with Crippen LogP contribution in [0.3, 0.4) is 0 Å². The van der Waals surface area contributed by atoms with Crippen LogP contribution in [-0.4, -0.2) is 23.0 Å². The molecule has 0 saturated carbocycles. The molecule has 2 heterocycles. The molecule has 0 spiro atoms. The number of nitrogens with one attached hydrogen (secondary N) is 2. The van der Waals surface area contributed by atoms with E-state index >= 15 is 0 Å². The van der Waals surface area contributed by atoms with Crippen molar-refractivity contribution < 1.29 is 9.53 Å². The van der Waals surface area contributed by atoms with Gasteiger partial charge in [-0.25, -0.2) is 9.97 Å². The van der Waals surface area contributed by atoms with Gasteiger partial charge in [0.25, 0.3) is 5.91 Å². The second kappa shape index (κ2) is 7.56. The Kier molecular flexibility index (Phi) is 5.02. The minimum Gasteiger partial charge on any atom is -0.496 e. The summed E-state index contributed by atoms with van der Waals surface area (Å²) < 4.78 is 5.27. The van der Waals surface area contributed by atoms with E-state index in [0.29, 0.717) is 23.2 Å². The number of amides is 1. The smallest absolute Gasteiger partial charge is 0.271 e. The van der Waals surface area contributed by atoms with Gasteiger partial charge in [-0.05, 0) is 18.2 Å². The minimum absolute atomic E-state index is 0.230. The molecule has 2 N–H and O–H groups in total. The predicted octanol–water partition coefficient (Wildman–Crippen LogP) is 3.22. The quantitative estimate of drug-likeness (QED) is 0.720. The van der Waals surface area contributed by atoms with Crippen LogP contribution in [0.1, 0.15) is 16.1 Å². The molecule has 122 valence electrons. The third-order valence-electron chi connectivity index (χ3n) is 3.27. The summed E-state index contributed by atoms with van der Waals surface area (Å²) in [6, 6.07) is 13.1. The molecule has 6 nitrogen and oxygen atoms in total. The van der Waals surface area contributed by atoms with E-state index in [1.807, 2.05) is 42.5 Å². The second-order valence-electron chi connectivity index (χ2n) is 4.87.